The lowest BCUT2D eigenvalue weighted by Gasteiger charge is -2.32. The summed E-state index contributed by atoms with van der Waals surface area (Å²) >= 11 is 3.76. The zero-order chi connectivity index (χ0) is 29.2. The van der Waals surface area contributed by atoms with Crippen molar-refractivity contribution in [2.24, 2.45) is 0 Å². The maximum Gasteiger partial charge on any atom is 0.582 e. The van der Waals surface area contributed by atoms with Gasteiger partial charge in [0, 0.05) is 31.6 Å². The number of phosphoric acid groups is 1. The van der Waals surface area contributed by atoms with Crippen molar-refractivity contribution in [3.8, 4) is 0 Å². The number of methoxy groups -OCH3 is 1. The van der Waals surface area contributed by atoms with Gasteiger partial charge in [0.2, 0.25) is 5.91 Å². The molecular formula is C19H27N4O14P2S+. The lowest BCUT2D eigenvalue weighted by Crippen LogP contribution is -2.49. The summed E-state index contributed by atoms with van der Waals surface area (Å²) in [4.78, 5) is 48.5. The Hall–Kier alpha value is -1.99. The van der Waals surface area contributed by atoms with E-state index < -0.39 is 88.6 Å². The Morgan fingerprint density at radius 3 is 2.40 bits per heavy atom. The fraction of sp³-hybridized carbons (Fsp3) is 0.632. The molecule has 2 fully saturated rings. The minimum Gasteiger partial charge on any atom is -0.387 e. The number of nitrogens with zero attached hydrogens (tertiary/aromatic N) is 2. The van der Waals surface area contributed by atoms with Crippen LogP contribution in [0, 0.1) is 0 Å². The van der Waals surface area contributed by atoms with Gasteiger partial charge in [0.15, 0.2) is 18.6 Å². The molecule has 0 saturated carbocycles. The van der Waals surface area contributed by atoms with Gasteiger partial charge in [0.1, 0.15) is 42.8 Å². The van der Waals surface area contributed by atoms with Crippen LogP contribution >= 0.6 is 27.3 Å². The lowest BCUT2D eigenvalue weighted by molar-refractivity contribution is -0.122. The molecule has 0 bridgehead atoms. The second kappa shape index (κ2) is 12.9. The van der Waals surface area contributed by atoms with Gasteiger partial charge >= 0.3 is 20.7 Å². The summed E-state index contributed by atoms with van der Waals surface area (Å²) in [6.07, 6.45) is -6.23. The summed E-state index contributed by atoms with van der Waals surface area (Å²) in [5.74, 6) is -0.325. The highest BCUT2D eigenvalue weighted by molar-refractivity contribution is 8.39. The van der Waals surface area contributed by atoms with E-state index in [-0.39, 0.29) is 12.6 Å². The predicted octanol–water partition coefficient (Wildman–Crippen LogP) is -2.10. The van der Waals surface area contributed by atoms with E-state index in [2.05, 4.69) is 17.6 Å². The molecule has 18 nitrogen and oxygen atoms in total. The highest BCUT2D eigenvalue weighted by Gasteiger charge is 2.52. The molecule has 4 heterocycles. The van der Waals surface area contributed by atoms with Crippen LogP contribution in [0.5, 0.6) is 0 Å². The normalized spacial score (nSPS) is 34.1. The van der Waals surface area contributed by atoms with Gasteiger partial charge < -0.3 is 39.5 Å². The number of aromatic amines is 1. The van der Waals surface area contributed by atoms with Crippen LogP contribution in [-0.2, 0) is 41.7 Å². The van der Waals surface area contributed by atoms with E-state index in [0.29, 0.717) is 0 Å². The average Bonchev–Trinajstić information content (AvgIpc) is 3.38. The van der Waals surface area contributed by atoms with Crippen LogP contribution in [0.3, 0.4) is 0 Å². The molecule has 10 unspecified atom stereocenters. The Kier molecular flexibility index (Phi) is 9.98. The molecular weight excluding hydrogens is 602 g/mol. The molecule has 4 rings (SSSR count). The van der Waals surface area contributed by atoms with Crippen LogP contribution < -0.4 is 16.6 Å². The minimum absolute atomic E-state index is 0.0521. The molecule has 2 saturated heterocycles. The van der Waals surface area contributed by atoms with Gasteiger partial charge in [0.25, 0.3) is 5.56 Å². The number of aliphatic hydroxyl groups excluding tert-OH is 2. The number of aromatic nitrogens is 2. The number of nitrogens with one attached hydrogen (secondary N) is 2. The number of hydrogen-bond acceptors (Lipinski definition) is 14. The summed E-state index contributed by atoms with van der Waals surface area (Å²) in [5.41, 5.74) is -1.59. The predicted molar refractivity (Wildman–Crippen MR) is 134 cm³/mol. The zero-order valence-corrected chi connectivity index (χ0v) is 23.3. The van der Waals surface area contributed by atoms with E-state index >= 15 is 0 Å². The molecule has 0 aliphatic carbocycles. The van der Waals surface area contributed by atoms with E-state index in [1.54, 1.807) is 4.90 Å². The Morgan fingerprint density at radius 1 is 1.12 bits per heavy atom. The summed E-state index contributed by atoms with van der Waals surface area (Å²) in [6, 6.07) is 1.01. The maximum absolute atomic E-state index is 12.6. The first-order valence-corrected chi connectivity index (χ1v) is 15.4. The zero-order valence-electron chi connectivity index (χ0n) is 20.6. The van der Waals surface area contributed by atoms with Gasteiger partial charge in [-0.15, -0.1) is 4.52 Å². The quantitative estimate of drug-likeness (QED) is 0.114. The number of amides is 1. The third-order valence-corrected chi connectivity index (χ3v) is 7.87. The van der Waals surface area contributed by atoms with E-state index in [0.717, 1.165) is 16.8 Å². The van der Waals surface area contributed by atoms with Crippen molar-refractivity contribution in [1.82, 2.24) is 19.8 Å². The van der Waals surface area contributed by atoms with Crippen LogP contribution in [0.2, 0.25) is 0 Å². The van der Waals surface area contributed by atoms with Crippen molar-refractivity contribution in [3.63, 3.8) is 0 Å². The van der Waals surface area contributed by atoms with Crippen LogP contribution in [0.25, 0.3) is 0 Å². The summed E-state index contributed by atoms with van der Waals surface area (Å²) in [6.45, 7) is -1.30. The van der Waals surface area contributed by atoms with Gasteiger partial charge in [-0.05, 0) is 4.57 Å². The van der Waals surface area contributed by atoms with Gasteiger partial charge in [-0.25, -0.2) is 9.36 Å². The van der Waals surface area contributed by atoms with E-state index in [4.69, 9.17) is 27.8 Å². The number of H-pyrrole nitrogens is 1. The SMILES string of the molecule is COC1C(O[P+](=O)S)C(COP(=O)(O)OCC2OC(n3ccc(=O)[nH]c3=O)C(O)C2O)OC1N1C=CC(=O)NC1. The number of phosphoric ester groups is 1. The van der Waals surface area contributed by atoms with E-state index in [1.165, 1.54) is 19.4 Å². The third kappa shape index (κ3) is 7.07. The molecule has 21 heteroatoms. The highest BCUT2D eigenvalue weighted by Crippen LogP contribution is 2.46. The molecule has 1 aromatic rings. The van der Waals surface area contributed by atoms with Crippen LogP contribution in [0.4, 0.5) is 0 Å². The Bertz CT molecular complexity index is 1290. The topological polar surface area (TPSA) is 237 Å². The lowest BCUT2D eigenvalue weighted by atomic mass is 10.1. The number of aliphatic hydroxyl groups is 2. The van der Waals surface area contributed by atoms with E-state index in [9.17, 15) is 38.6 Å². The Balaban J connectivity index is 1.38. The van der Waals surface area contributed by atoms with E-state index in [1.807, 2.05) is 4.98 Å². The molecule has 5 N–H and O–H groups in total. The number of carbonyl (C=O) groups excluding carboxylic acids is 1. The maximum atomic E-state index is 12.6. The molecule has 222 valence electrons. The largest absolute Gasteiger partial charge is 0.582 e. The highest BCUT2D eigenvalue weighted by atomic mass is 32.7. The molecule has 1 amide bonds. The number of rotatable bonds is 11. The van der Waals surface area contributed by atoms with Gasteiger partial charge in [-0.2, -0.15) is 0 Å². The molecule has 0 radical (unpaired) electrons. The number of ether oxygens (including phenoxy) is 3. The first kappa shape index (κ1) is 31.0. The Labute approximate surface area is 231 Å². The van der Waals surface area contributed by atoms with Crippen molar-refractivity contribution >= 4 is 33.2 Å². The first-order chi connectivity index (χ1) is 18.9. The standard InChI is InChI=1S/C19H26N4O14P2S/c1-32-16-15(37-38(29)40)10(36-18(16)22-4-2-11(24)20-8-22)7-34-39(30,31)33-6-9-13(26)14(27)17(35-9)23-5-3-12(25)21-19(23)28/h2-5,9-10,13-18,26-27H,6-8H2,1H3,(H3-,20,21,24,25,28,29,30,31,40)/p+1. The number of thiol groups is 1. The molecule has 3 aliphatic rings. The van der Waals surface area contributed by atoms with Gasteiger partial charge in [0.05, 0.1) is 19.9 Å². The fourth-order valence-corrected chi connectivity index (χ4v) is 5.84. The van der Waals surface area contributed by atoms with Crippen LogP contribution in [-0.4, -0.2) is 105 Å². The van der Waals surface area contributed by atoms with Crippen molar-refractivity contribution in [1.29, 1.82) is 0 Å². The molecule has 10 atom stereocenters. The smallest absolute Gasteiger partial charge is 0.387 e. The monoisotopic (exact) mass is 629 g/mol. The van der Waals surface area contributed by atoms with Crippen molar-refractivity contribution in [2.45, 2.75) is 49.1 Å². The molecule has 0 spiro atoms. The summed E-state index contributed by atoms with van der Waals surface area (Å²) in [7, 11) is -5.96. The number of hydrogen-bond donors (Lipinski definition) is 6. The van der Waals surface area contributed by atoms with Crippen molar-refractivity contribution < 1.29 is 56.8 Å². The molecule has 0 aromatic carbocycles. The van der Waals surface area contributed by atoms with Gasteiger partial charge in [-0.1, -0.05) is 0 Å². The molecule has 40 heavy (non-hydrogen) atoms. The third-order valence-electron chi connectivity index (χ3n) is 6.22. The molecule has 1 aromatic heterocycles. The average molecular weight is 629 g/mol. The van der Waals surface area contributed by atoms with Crippen LogP contribution in [0.15, 0.2) is 34.1 Å². The Morgan fingerprint density at radius 2 is 1.80 bits per heavy atom. The van der Waals surface area contributed by atoms with Gasteiger partial charge in [-0.3, -0.25) is 28.2 Å². The minimum atomic E-state index is -4.84. The summed E-state index contributed by atoms with van der Waals surface area (Å²) in [5, 5.41) is 23.2. The second-order valence-corrected chi connectivity index (χ2v) is 11.8. The molecule has 3 aliphatic heterocycles. The second-order valence-electron chi connectivity index (χ2n) is 8.73. The van der Waals surface area contributed by atoms with Crippen LogP contribution in [0.1, 0.15) is 6.23 Å². The fourth-order valence-electron chi connectivity index (χ4n) is 4.31. The number of carbonyl (C=O) groups is 1. The first-order valence-electron chi connectivity index (χ1n) is 11.6. The van der Waals surface area contributed by atoms with Crippen molar-refractivity contribution in [3.05, 3.63) is 45.4 Å². The summed E-state index contributed by atoms with van der Waals surface area (Å²) < 4.78 is 57.2. The van der Waals surface area contributed by atoms with Crippen molar-refractivity contribution in [2.75, 3.05) is 27.0 Å².